The predicted octanol–water partition coefficient (Wildman–Crippen LogP) is 2.35. The Kier molecular flexibility index (Phi) is 6.39. The molecule has 1 fully saturated rings. The summed E-state index contributed by atoms with van der Waals surface area (Å²) in [5, 5.41) is 14.6. The smallest absolute Gasteiger partial charge is 0.257 e. The molecule has 3 heterocycles. The second-order valence-electron chi connectivity index (χ2n) is 9.07. The van der Waals surface area contributed by atoms with E-state index in [0.717, 1.165) is 21.8 Å². The molecule has 4 aromatic rings. The van der Waals surface area contributed by atoms with Crippen LogP contribution in [0.3, 0.4) is 0 Å². The van der Waals surface area contributed by atoms with Gasteiger partial charge in [-0.1, -0.05) is 18.2 Å². The number of benzene rings is 2. The number of ketones is 1. The van der Waals surface area contributed by atoms with E-state index in [2.05, 4.69) is 15.3 Å². The van der Waals surface area contributed by atoms with Gasteiger partial charge in [0.15, 0.2) is 0 Å². The van der Waals surface area contributed by atoms with Gasteiger partial charge < -0.3 is 25.3 Å². The Balaban J connectivity index is 1.25. The minimum atomic E-state index is -1.03. The van der Waals surface area contributed by atoms with Crippen LogP contribution < -0.4 is 10.9 Å². The quantitative estimate of drug-likeness (QED) is 0.332. The zero-order chi connectivity index (χ0) is 25.2. The SMILES string of the molecule is O=C1CCN(C(=O)CC(O)CNC(=O)c2ccc3[nH]c(-c4cc5ccccc5[nH]c4=O)cc3c2)CC1. The van der Waals surface area contributed by atoms with E-state index < -0.39 is 6.10 Å². The third-order valence-electron chi connectivity index (χ3n) is 6.51. The number of aromatic nitrogens is 2. The number of pyridine rings is 1. The Hall–Kier alpha value is -4.24. The third kappa shape index (κ3) is 4.92. The number of carbonyl (C=O) groups is 3. The number of hydrogen-bond acceptors (Lipinski definition) is 5. The van der Waals surface area contributed by atoms with Crippen molar-refractivity contribution in [2.24, 2.45) is 0 Å². The van der Waals surface area contributed by atoms with Gasteiger partial charge in [-0.15, -0.1) is 0 Å². The first-order valence-corrected chi connectivity index (χ1v) is 11.9. The number of hydrogen-bond donors (Lipinski definition) is 4. The summed E-state index contributed by atoms with van der Waals surface area (Å²) in [4.78, 5) is 56.6. The highest BCUT2D eigenvalue weighted by Gasteiger charge is 2.23. The molecule has 1 saturated heterocycles. The monoisotopic (exact) mass is 486 g/mol. The van der Waals surface area contributed by atoms with Gasteiger partial charge >= 0.3 is 0 Å². The molecule has 1 unspecified atom stereocenters. The highest BCUT2D eigenvalue weighted by Crippen LogP contribution is 2.25. The number of fused-ring (bicyclic) bond motifs is 2. The Bertz CT molecular complexity index is 1530. The number of likely N-dealkylation sites (tertiary alicyclic amines) is 1. The maximum atomic E-state index is 12.7. The molecule has 2 aromatic carbocycles. The lowest BCUT2D eigenvalue weighted by Crippen LogP contribution is -2.41. The van der Waals surface area contributed by atoms with E-state index in [9.17, 15) is 24.3 Å². The van der Waals surface area contributed by atoms with Crippen molar-refractivity contribution in [3.63, 3.8) is 0 Å². The van der Waals surface area contributed by atoms with E-state index in [0.29, 0.717) is 42.8 Å². The van der Waals surface area contributed by atoms with Crippen molar-refractivity contribution >= 4 is 39.4 Å². The highest BCUT2D eigenvalue weighted by atomic mass is 16.3. The minimum Gasteiger partial charge on any atom is -0.391 e. The number of carbonyl (C=O) groups excluding carboxylic acids is 3. The minimum absolute atomic E-state index is 0.0692. The number of aromatic amines is 2. The molecule has 0 saturated carbocycles. The molecule has 1 atom stereocenters. The molecule has 36 heavy (non-hydrogen) atoms. The fraction of sp³-hybridized carbons (Fsp3) is 0.259. The van der Waals surface area contributed by atoms with Crippen molar-refractivity contribution in [3.8, 4) is 11.3 Å². The van der Waals surface area contributed by atoms with Gasteiger partial charge in [0.05, 0.1) is 23.8 Å². The van der Waals surface area contributed by atoms with E-state index in [4.69, 9.17) is 0 Å². The molecule has 184 valence electrons. The second kappa shape index (κ2) is 9.79. The van der Waals surface area contributed by atoms with Crippen LogP contribution in [-0.2, 0) is 9.59 Å². The third-order valence-corrected chi connectivity index (χ3v) is 6.51. The molecule has 0 bridgehead atoms. The van der Waals surface area contributed by atoms with Crippen LogP contribution in [0, 0.1) is 0 Å². The summed E-state index contributed by atoms with van der Waals surface area (Å²) in [5.41, 5.74) is 2.87. The standard InChI is InChI=1S/C27H26N4O5/c32-19-7-9-31(10-8-19)25(34)14-20(33)15-28-26(35)17-5-6-23-18(11-17)13-24(29-23)21-12-16-3-1-2-4-22(16)30-27(21)36/h1-6,11-13,20,29,33H,7-10,14-15H2,(H,28,35)(H,30,36). The fourth-order valence-corrected chi connectivity index (χ4v) is 4.49. The van der Waals surface area contributed by atoms with Crippen molar-refractivity contribution in [3.05, 3.63) is 70.5 Å². The summed E-state index contributed by atoms with van der Waals surface area (Å²) in [6, 6.07) is 16.3. The zero-order valence-electron chi connectivity index (χ0n) is 19.5. The van der Waals surface area contributed by atoms with Crippen molar-refractivity contribution in [1.82, 2.24) is 20.2 Å². The maximum Gasteiger partial charge on any atom is 0.257 e. The van der Waals surface area contributed by atoms with E-state index in [1.165, 1.54) is 0 Å². The van der Waals surface area contributed by atoms with Crippen LogP contribution >= 0.6 is 0 Å². The average molecular weight is 487 g/mol. The molecule has 0 radical (unpaired) electrons. The first-order chi connectivity index (χ1) is 17.4. The van der Waals surface area contributed by atoms with Crippen molar-refractivity contribution < 1.29 is 19.5 Å². The number of para-hydroxylation sites is 1. The van der Waals surface area contributed by atoms with E-state index in [1.807, 2.05) is 36.4 Å². The molecule has 1 aliphatic rings. The molecule has 0 spiro atoms. The largest absolute Gasteiger partial charge is 0.391 e. The fourth-order valence-electron chi connectivity index (χ4n) is 4.49. The maximum absolute atomic E-state index is 12.7. The summed E-state index contributed by atoms with van der Waals surface area (Å²) in [5.74, 6) is -0.463. The molecule has 9 heteroatoms. The highest BCUT2D eigenvalue weighted by molar-refractivity contribution is 5.99. The summed E-state index contributed by atoms with van der Waals surface area (Å²) < 4.78 is 0. The van der Waals surface area contributed by atoms with Crippen molar-refractivity contribution in [2.75, 3.05) is 19.6 Å². The molecule has 0 aliphatic carbocycles. The molecular weight excluding hydrogens is 460 g/mol. The number of H-pyrrole nitrogens is 2. The number of aliphatic hydroxyl groups excluding tert-OH is 1. The number of aliphatic hydroxyl groups is 1. The van der Waals surface area contributed by atoms with Crippen molar-refractivity contribution in [1.29, 1.82) is 0 Å². The normalized spacial score (nSPS) is 14.8. The summed E-state index contributed by atoms with van der Waals surface area (Å²) in [6.45, 7) is 0.682. The lowest BCUT2D eigenvalue weighted by Gasteiger charge is -2.27. The van der Waals surface area contributed by atoms with E-state index in [-0.39, 0.29) is 36.1 Å². The van der Waals surface area contributed by atoms with Gasteiger partial charge in [0.2, 0.25) is 5.91 Å². The number of nitrogens with one attached hydrogen (secondary N) is 3. The van der Waals surface area contributed by atoms with Gasteiger partial charge in [-0.2, -0.15) is 0 Å². The lowest BCUT2D eigenvalue weighted by molar-refractivity contribution is -0.136. The Morgan fingerprint density at radius 2 is 1.69 bits per heavy atom. The van der Waals surface area contributed by atoms with Crippen LogP contribution in [0.15, 0.2) is 59.4 Å². The van der Waals surface area contributed by atoms with Gasteiger partial charge in [0.1, 0.15) is 5.78 Å². The van der Waals surface area contributed by atoms with E-state index in [1.54, 1.807) is 23.1 Å². The van der Waals surface area contributed by atoms with Gasteiger partial charge in [0.25, 0.3) is 11.5 Å². The van der Waals surface area contributed by atoms with Crippen molar-refractivity contribution in [2.45, 2.75) is 25.4 Å². The molecule has 2 aromatic heterocycles. The molecule has 5 rings (SSSR count). The van der Waals surface area contributed by atoms with Crippen LogP contribution in [0.4, 0.5) is 0 Å². The van der Waals surface area contributed by atoms with Crippen LogP contribution in [0.2, 0.25) is 0 Å². The van der Waals surface area contributed by atoms with Crippen LogP contribution in [0.5, 0.6) is 0 Å². The van der Waals surface area contributed by atoms with Gasteiger partial charge in [-0.25, -0.2) is 0 Å². The van der Waals surface area contributed by atoms with E-state index >= 15 is 0 Å². The van der Waals surface area contributed by atoms with Gasteiger partial charge in [-0.05, 0) is 41.8 Å². The number of piperidine rings is 1. The Morgan fingerprint density at radius 3 is 2.50 bits per heavy atom. The molecule has 4 N–H and O–H groups in total. The molecule has 9 nitrogen and oxygen atoms in total. The number of nitrogens with zero attached hydrogens (tertiary/aromatic N) is 1. The molecule has 1 aliphatic heterocycles. The second-order valence-corrected chi connectivity index (χ2v) is 9.07. The number of Topliss-reactive ketones (excluding diaryl/α,β-unsaturated/α-hetero) is 1. The number of amides is 2. The topological polar surface area (TPSA) is 135 Å². The zero-order valence-corrected chi connectivity index (χ0v) is 19.5. The van der Waals surface area contributed by atoms with Gasteiger partial charge in [0, 0.05) is 54.5 Å². The average Bonchev–Trinajstić information content (AvgIpc) is 3.30. The first-order valence-electron chi connectivity index (χ1n) is 11.9. The van der Waals surface area contributed by atoms with Crippen LogP contribution in [0.25, 0.3) is 33.1 Å². The predicted molar refractivity (Wildman–Crippen MR) is 136 cm³/mol. The Labute approximate surface area is 206 Å². The summed E-state index contributed by atoms with van der Waals surface area (Å²) in [7, 11) is 0. The number of rotatable bonds is 6. The van der Waals surface area contributed by atoms with Gasteiger partial charge in [-0.3, -0.25) is 19.2 Å². The first kappa shape index (κ1) is 23.5. The molecule has 2 amide bonds. The summed E-state index contributed by atoms with van der Waals surface area (Å²) in [6.07, 6.45) is -0.454. The summed E-state index contributed by atoms with van der Waals surface area (Å²) >= 11 is 0. The Morgan fingerprint density at radius 1 is 0.944 bits per heavy atom. The molecular formula is C27H26N4O5. The van der Waals surface area contributed by atoms with Crippen LogP contribution in [-0.4, -0.2) is 63.3 Å². The van der Waals surface area contributed by atoms with Crippen LogP contribution in [0.1, 0.15) is 29.6 Å². The lowest BCUT2D eigenvalue weighted by atomic mass is 10.1.